The zero-order chi connectivity index (χ0) is 10.9. The topological polar surface area (TPSA) is 86.2 Å². The molecule has 4 nitrogen and oxygen atoms in total. The lowest BCUT2D eigenvalue weighted by Crippen LogP contribution is -2.12. The van der Waals surface area contributed by atoms with Gasteiger partial charge in [0, 0.05) is 5.57 Å². The minimum atomic E-state index is -0.481. The van der Waals surface area contributed by atoms with Crippen LogP contribution in [0.25, 0.3) is 0 Å². The molecule has 0 unspecified atom stereocenters. The summed E-state index contributed by atoms with van der Waals surface area (Å²) in [7, 11) is 0. The van der Waals surface area contributed by atoms with Gasteiger partial charge in [-0.3, -0.25) is 9.59 Å². The van der Waals surface area contributed by atoms with Gasteiger partial charge in [0.2, 0.25) is 11.8 Å². The molecule has 4 N–H and O–H groups in total. The molecule has 13 heavy (non-hydrogen) atoms. The van der Waals surface area contributed by atoms with E-state index in [0.717, 1.165) is 18.9 Å². The second kappa shape index (κ2) is 8.52. The second-order valence-corrected chi connectivity index (χ2v) is 2.32. The summed E-state index contributed by atoms with van der Waals surface area (Å²) in [5.74, 6) is -0.864. The van der Waals surface area contributed by atoms with Gasteiger partial charge in [-0.15, -0.1) is 0 Å². The Morgan fingerprint density at radius 2 is 1.77 bits per heavy atom. The fourth-order valence-corrected chi connectivity index (χ4v) is 0.425. The number of amides is 2. The first-order chi connectivity index (χ1) is 5.95. The Bertz CT molecular complexity index is 210. The van der Waals surface area contributed by atoms with Gasteiger partial charge in [0.1, 0.15) is 0 Å². The number of hydrogen-bond acceptors (Lipinski definition) is 2. The Balaban J connectivity index is 0. The molecule has 0 fully saturated rings. The molecule has 0 radical (unpaired) electrons. The maximum Gasteiger partial charge on any atom is 0.244 e. The third-order valence-electron chi connectivity index (χ3n) is 1.10. The van der Waals surface area contributed by atoms with Gasteiger partial charge in [0.05, 0.1) is 0 Å². The number of hydrogen-bond donors (Lipinski definition) is 2. The van der Waals surface area contributed by atoms with E-state index >= 15 is 0 Å². The van der Waals surface area contributed by atoms with Crippen molar-refractivity contribution in [2.75, 3.05) is 0 Å². The van der Waals surface area contributed by atoms with Crippen molar-refractivity contribution in [2.45, 2.75) is 19.8 Å². The fraction of sp³-hybridized carbons (Fsp3) is 0.333. The number of nitrogens with two attached hydrogens (primary N) is 2. The summed E-state index contributed by atoms with van der Waals surface area (Å²) < 4.78 is 0. The molecule has 0 bridgehead atoms. The van der Waals surface area contributed by atoms with Crippen LogP contribution in [0, 0.1) is 0 Å². The Labute approximate surface area is 78.3 Å². The Kier molecular flexibility index (Phi) is 9.15. The second-order valence-electron chi connectivity index (χ2n) is 2.32. The summed E-state index contributed by atoms with van der Waals surface area (Å²) in [6, 6.07) is 0. The van der Waals surface area contributed by atoms with Gasteiger partial charge in [-0.25, -0.2) is 0 Å². The summed E-state index contributed by atoms with van der Waals surface area (Å²) in [5.41, 5.74) is 9.94. The quantitative estimate of drug-likeness (QED) is 0.623. The first-order valence-electron chi connectivity index (χ1n) is 3.85. The molecule has 0 heterocycles. The third kappa shape index (κ3) is 13.4. The molecule has 0 atom stereocenters. The molecule has 0 aromatic heterocycles. The summed E-state index contributed by atoms with van der Waals surface area (Å²) in [6.45, 7) is 8.54. The zero-order valence-electron chi connectivity index (χ0n) is 7.88. The first kappa shape index (κ1) is 14.0. The van der Waals surface area contributed by atoms with Gasteiger partial charge in [-0.2, -0.15) is 0 Å². The number of carbonyl (C=O) groups excluding carboxylic acids is 2. The van der Waals surface area contributed by atoms with Crippen LogP contribution < -0.4 is 11.5 Å². The molecule has 0 saturated heterocycles. The van der Waals surface area contributed by atoms with Crippen molar-refractivity contribution in [2.24, 2.45) is 11.5 Å². The molecule has 0 aromatic carbocycles. The number of primary amides is 2. The predicted octanol–water partition coefficient (Wildman–Crippen LogP) is 0.486. The van der Waals surface area contributed by atoms with Crippen molar-refractivity contribution >= 4 is 11.8 Å². The SMILES string of the molecule is C=C(CCC)C(N)=O.C=CC(N)=O. The molecule has 0 aliphatic rings. The van der Waals surface area contributed by atoms with Crippen LogP contribution in [0.1, 0.15) is 19.8 Å². The molecule has 0 saturated carbocycles. The lowest BCUT2D eigenvalue weighted by molar-refractivity contribution is -0.115. The van der Waals surface area contributed by atoms with E-state index in [1.165, 1.54) is 0 Å². The van der Waals surface area contributed by atoms with Gasteiger partial charge >= 0.3 is 0 Å². The van der Waals surface area contributed by atoms with Crippen molar-refractivity contribution in [3.8, 4) is 0 Å². The van der Waals surface area contributed by atoms with Crippen molar-refractivity contribution in [1.82, 2.24) is 0 Å². The lowest BCUT2D eigenvalue weighted by atomic mass is 10.2. The van der Waals surface area contributed by atoms with Crippen molar-refractivity contribution in [3.63, 3.8) is 0 Å². The van der Waals surface area contributed by atoms with Crippen LogP contribution in [0.4, 0.5) is 0 Å². The van der Waals surface area contributed by atoms with Gasteiger partial charge in [0.15, 0.2) is 0 Å². The standard InChI is InChI=1S/C6H11NO.C3H5NO/c1-3-4-5(2)6(7)8;1-2-3(4)5/h2-4H2,1H3,(H2,7,8);2H,1H2,(H2,4,5). The zero-order valence-corrected chi connectivity index (χ0v) is 7.88. The predicted molar refractivity (Wildman–Crippen MR) is 52.6 cm³/mol. The van der Waals surface area contributed by atoms with Crippen LogP contribution in [0.15, 0.2) is 24.8 Å². The molecule has 0 aliphatic heterocycles. The van der Waals surface area contributed by atoms with Crippen molar-refractivity contribution in [3.05, 3.63) is 24.8 Å². The van der Waals surface area contributed by atoms with Gasteiger partial charge in [-0.05, 0) is 12.5 Å². The molecule has 74 valence electrons. The lowest BCUT2D eigenvalue weighted by Gasteiger charge is -1.93. The maximum absolute atomic E-state index is 10.2. The Morgan fingerprint density at radius 3 is 1.85 bits per heavy atom. The van der Waals surface area contributed by atoms with E-state index in [0.29, 0.717) is 5.57 Å². The molecule has 0 rings (SSSR count). The minimum Gasteiger partial charge on any atom is -0.366 e. The van der Waals surface area contributed by atoms with E-state index in [1.54, 1.807) is 0 Å². The average molecular weight is 184 g/mol. The van der Waals surface area contributed by atoms with E-state index in [-0.39, 0.29) is 5.91 Å². The molecule has 0 spiro atoms. The fourth-order valence-electron chi connectivity index (χ4n) is 0.425. The Morgan fingerprint density at radius 1 is 1.38 bits per heavy atom. The van der Waals surface area contributed by atoms with Gasteiger partial charge in [0.25, 0.3) is 0 Å². The largest absolute Gasteiger partial charge is 0.366 e. The molecule has 2 amide bonds. The summed E-state index contributed by atoms with van der Waals surface area (Å²) in [4.78, 5) is 19.7. The normalized spacial score (nSPS) is 7.77. The van der Waals surface area contributed by atoms with Crippen LogP contribution in [0.2, 0.25) is 0 Å². The van der Waals surface area contributed by atoms with Crippen molar-refractivity contribution < 1.29 is 9.59 Å². The van der Waals surface area contributed by atoms with Crippen LogP contribution in [0.3, 0.4) is 0 Å². The number of carbonyl (C=O) groups is 2. The highest BCUT2D eigenvalue weighted by Gasteiger charge is 1.96. The smallest absolute Gasteiger partial charge is 0.244 e. The van der Waals surface area contributed by atoms with Gasteiger partial charge < -0.3 is 11.5 Å². The monoisotopic (exact) mass is 184 g/mol. The Hall–Kier alpha value is -1.58. The molecule has 0 aliphatic carbocycles. The maximum atomic E-state index is 10.2. The highest BCUT2D eigenvalue weighted by molar-refractivity contribution is 5.91. The van der Waals surface area contributed by atoms with E-state index in [2.05, 4.69) is 18.9 Å². The van der Waals surface area contributed by atoms with E-state index in [1.807, 2.05) is 6.92 Å². The van der Waals surface area contributed by atoms with Crippen LogP contribution >= 0.6 is 0 Å². The van der Waals surface area contributed by atoms with E-state index in [9.17, 15) is 9.59 Å². The van der Waals surface area contributed by atoms with Gasteiger partial charge in [-0.1, -0.05) is 26.5 Å². The minimum absolute atomic E-state index is 0.383. The number of rotatable bonds is 4. The molecule has 4 heteroatoms. The third-order valence-corrected chi connectivity index (χ3v) is 1.10. The summed E-state index contributed by atoms with van der Waals surface area (Å²) in [5, 5.41) is 0. The van der Waals surface area contributed by atoms with Crippen molar-refractivity contribution in [1.29, 1.82) is 0 Å². The van der Waals surface area contributed by atoms with E-state index < -0.39 is 5.91 Å². The molecular weight excluding hydrogens is 168 g/mol. The van der Waals surface area contributed by atoms with E-state index in [4.69, 9.17) is 5.73 Å². The molecular formula is C9H16N2O2. The van der Waals surface area contributed by atoms with Crippen LogP contribution in [-0.2, 0) is 9.59 Å². The van der Waals surface area contributed by atoms with Crippen LogP contribution in [-0.4, -0.2) is 11.8 Å². The summed E-state index contributed by atoms with van der Waals surface area (Å²) >= 11 is 0. The average Bonchev–Trinajstić information content (AvgIpc) is 2.06. The highest BCUT2D eigenvalue weighted by Crippen LogP contribution is 1.98. The summed E-state index contributed by atoms with van der Waals surface area (Å²) in [6.07, 6.45) is 2.71. The highest BCUT2D eigenvalue weighted by atomic mass is 16.1. The first-order valence-corrected chi connectivity index (χ1v) is 3.85. The molecule has 0 aromatic rings. The van der Waals surface area contributed by atoms with Crippen LogP contribution in [0.5, 0.6) is 0 Å².